The maximum absolute atomic E-state index is 11.6. The number of thioether (sulfide) groups is 1. The summed E-state index contributed by atoms with van der Waals surface area (Å²) in [6.07, 6.45) is 3.00. The predicted octanol–water partition coefficient (Wildman–Crippen LogP) is 1.20. The minimum Gasteiger partial charge on any atom is -0.481 e. The summed E-state index contributed by atoms with van der Waals surface area (Å²) in [5.74, 6) is 0.114. The Morgan fingerprint density at radius 3 is 2.86 bits per heavy atom. The van der Waals surface area contributed by atoms with Gasteiger partial charge < -0.3 is 14.6 Å². The highest BCUT2D eigenvalue weighted by molar-refractivity contribution is 7.99. The van der Waals surface area contributed by atoms with Gasteiger partial charge in [0.05, 0.1) is 11.8 Å². The molecule has 2 rings (SSSR count). The molecule has 1 aliphatic rings. The lowest BCUT2D eigenvalue weighted by atomic mass is 10.1. The summed E-state index contributed by atoms with van der Waals surface area (Å²) in [6, 6.07) is 0.126. The fourth-order valence-corrected chi connectivity index (χ4v) is 3.24. The number of hydrogen-bond acceptors (Lipinski definition) is 5. The van der Waals surface area contributed by atoms with Gasteiger partial charge in [0, 0.05) is 26.4 Å². The molecule has 2 heterocycles. The van der Waals surface area contributed by atoms with Crippen LogP contribution in [0.5, 0.6) is 0 Å². The van der Waals surface area contributed by atoms with Crippen molar-refractivity contribution in [1.82, 2.24) is 19.7 Å². The van der Waals surface area contributed by atoms with Crippen LogP contribution < -0.4 is 0 Å². The summed E-state index contributed by atoms with van der Waals surface area (Å²) >= 11 is 1.18. The quantitative estimate of drug-likeness (QED) is 0.794. The van der Waals surface area contributed by atoms with Crippen molar-refractivity contribution in [2.45, 2.75) is 43.8 Å². The molecule has 21 heavy (non-hydrogen) atoms. The summed E-state index contributed by atoms with van der Waals surface area (Å²) in [4.78, 5) is 24.1. The molecule has 0 radical (unpaired) electrons. The van der Waals surface area contributed by atoms with Gasteiger partial charge in [-0.15, -0.1) is 10.2 Å². The smallest absolute Gasteiger partial charge is 0.313 e. The lowest BCUT2D eigenvalue weighted by Gasteiger charge is -2.31. The van der Waals surface area contributed by atoms with Crippen LogP contribution in [0.1, 0.15) is 38.1 Å². The molecule has 1 unspecified atom stereocenters. The number of aliphatic carboxylic acids is 1. The third-order valence-corrected chi connectivity index (χ3v) is 4.43. The van der Waals surface area contributed by atoms with Gasteiger partial charge in [0.15, 0.2) is 5.16 Å². The van der Waals surface area contributed by atoms with E-state index in [1.807, 2.05) is 4.57 Å². The van der Waals surface area contributed by atoms with Gasteiger partial charge in [-0.3, -0.25) is 9.59 Å². The maximum atomic E-state index is 11.6. The van der Waals surface area contributed by atoms with E-state index in [4.69, 9.17) is 5.11 Å². The molecule has 1 saturated heterocycles. The minimum absolute atomic E-state index is 0.0360. The average Bonchev–Trinajstić information content (AvgIpc) is 2.83. The van der Waals surface area contributed by atoms with E-state index in [0.29, 0.717) is 18.1 Å². The van der Waals surface area contributed by atoms with Crippen molar-refractivity contribution in [2.75, 3.05) is 19.3 Å². The van der Waals surface area contributed by atoms with Crippen LogP contribution in [0.4, 0.5) is 0 Å². The van der Waals surface area contributed by atoms with Gasteiger partial charge in [-0.05, 0) is 12.8 Å². The van der Waals surface area contributed by atoms with Crippen molar-refractivity contribution in [3.8, 4) is 0 Å². The number of aryl methyl sites for hydroxylation is 1. The van der Waals surface area contributed by atoms with Gasteiger partial charge in [-0.25, -0.2) is 0 Å². The van der Waals surface area contributed by atoms with Gasteiger partial charge in [-0.1, -0.05) is 18.7 Å². The van der Waals surface area contributed by atoms with Crippen molar-refractivity contribution >= 4 is 23.6 Å². The number of piperidine rings is 1. The number of aromatic nitrogens is 3. The molecular formula is C13H20N4O3S. The second kappa shape index (κ2) is 6.93. The molecule has 1 amide bonds. The van der Waals surface area contributed by atoms with E-state index in [-0.39, 0.29) is 17.7 Å². The Kier molecular flexibility index (Phi) is 5.22. The first kappa shape index (κ1) is 15.8. The molecule has 1 aromatic rings. The second-order valence-corrected chi connectivity index (χ2v) is 6.11. The van der Waals surface area contributed by atoms with Crippen LogP contribution in [0, 0.1) is 0 Å². The third kappa shape index (κ3) is 3.75. The largest absolute Gasteiger partial charge is 0.481 e. The molecule has 0 spiro atoms. The zero-order valence-corrected chi connectivity index (χ0v) is 13.1. The molecular weight excluding hydrogens is 292 g/mol. The number of carbonyl (C=O) groups excluding carboxylic acids is 1. The molecule has 1 fully saturated rings. The molecule has 1 atom stereocenters. The van der Waals surface area contributed by atoms with Crippen LogP contribution in [0.2, 0.25) is 0 Å². The lowest BCUT2D eigenvalue weighted by Crippen LogP contribution is -2.38. The van der Waals surface area contributed by atoms with E-state index in [0.717, 1.165) is 25.1 Å². The van der Waals surface area contributed by atoms with Crippen molar-refractivity contribution in [3.63, 3.8) is 0 Å². The first-order chi connectivity index (χ1) is 10.0. The molecule has 1 aliphatic heterocycles. The van der Waals surface area contributed by atoms with Crippen LogP contribution in [0.25, 0.3) is 0 Å². The predicted molar refractivity (Wildman–Crippen MR) is 78.3 cm³/mol. The van der Waals surface area contributed by atoms with Gasteiger partial charge in [-0.2, -0.15) is 0 Å². The van der Waals surface area contributed by atoms with Gasteiger partial charge in [0.25, 0.3) is 0 Å². The van der Waals surface area contributed by atoms with E-state index < -0.39 is 5.97 Å². The van der Waals surface area contributed by atoms with Crippen molar-refractivity contribution in [1.29, 1.82) is 0 Å². The summed E-state index contributed by atoms with van der Waals surface area (Å²) in [5.41, 5.74) is 0. The van der Waals surface area contributed by atoms with Gasteiger partial charge in [0.2, 0.25) is 5.91 Å². The maximum Gasteiger partial charge on any atom is 0.313 e. The Morgan fingerprint density at radius 2 is 2.24 bits per heavy atom. The SMILES string of the molecule is CCCc1nnc(SCC(=O)O)n1C1CCC(=O)N(C)C1. The number of carboxylic acid groups (broad SMARTS) is 1. The van der Waals surface area contributed by atoms with Gasteiger partial charge >= 0.3 is 5.97 Å². The van der Waals surface area contributed by atoms with E-state index >= 15 is 0 Å². The Hall–Kier alpha value is -1.57. The number of rotatable bonds is 6. The minimum atomic E-state index is -0.873. The molecule has 0 aromatic carbocycles. The Morgan fingerprint density at radius 1 is 1.48 bits per heavy atom. The van der Waals surface area contributed by atoms with Crippen molar-refractivity contribution in [3.05, 3.63) is 5.82 Å². The number of carbonyl (C=O) groups is 2. The highest BCUT2D eigenvalue weighted by atomic mass is 32.2. The van der Waals surface area contributed by atoms with Crippen molar-refractivity contribution < 1.29 is 14.7 Å². The van der Waals surface area contributed by atoms with Crippen LogP contribution >= 0.6 is 11.8 Å². The third-order valence-electron chi connectivity index (χ3n) is 3.50. The molecule has 0 aliphatic carbocycles. The second-order valence-electron chi connectivity index (χ2n) is 5.17. The fourth-order valence-electron chi connectivity index (χ4n) is 2.49. The monoisotopic (exact) mass is 312 g/mol. The number of hydrogen-bond donors (Lipinski definition) is 1. The molecule has 0 saturated carbocycles. The van der Waals surface area contributed by atoms with Crippen molar-refractivity contribution in [2.24, 2.45) is 0 Å². The lowest BCUT2D eigenvalue weighted by molar-refractivity contribution is -0.134. The fraction of sp³-hybridized carbons (Fsp3) is 0.692. The summed E-state index contributed by atoms with van der Waals surface area (Å²) in [5, 5.41) is 17.8. The Balaban J connectivity index is 2.23. The van der Waals surface area contributed by atoms with Crippen LogP contribution in [-0.4, -0.2) is 56.0 Å². The van der Waals surface area contributed by atoms with Crippen LogP contribution in [-0.2, 0) is 16.0 Å². The van der Waals surface area contributed by atoms with Crippen LogP contribution in [0.15, 0.2) is 5.16 Å². The zero-order valence-electron chi connectivity index (χ0n) is 12.3. The topological polar surface area (TPSA) is 88.3 Å². The average molecular weight is 312 g/mol. The van der Waals surface area contributed by atoms with E-state index in [1.54, 1.807) is 11.9 Å². The van der Waals surface area contributed by atoms with E-state index in [1.165, 1.54) is 11.8 Å². The Labute approximate surface area is 127 Å². The molecule has 0 bridgehead atoms. The summed E-state index contributed by atoms with van der Waals surface area (Å²) in [6.45, 7) is 2.69. The molecule has 116 valence electrons. The Bertz CT molecular complexity index is 531. The highest BCUT2D eigenvalue weighted by Gasteiger charge is 2.28. The molecule has 8 heteroatoms. The molecule has 7 nitrogen and oxygen atoms in total. The number of amides is 1. The number of likely N-dealkylation sites (tertiary alicyclic amines) is 1. The highest BCUT2D eigenvalue weighted by Crippen LogP contribution is 2.28. The normalized spacial score (nSPS) is 19.0. The zero-order chi connectivity index (χ0) is 15.4. The first-order valence-electron chi connectivity index (χ1n) is 7.05. The summed E-state index contributed by atoms with van der Waals surface area (Å²) in [7, 11) is 1.79. The van der Waals surface area contributed by atoms with E-state index in [2.05, 4.69) is 17.1 Å². The first-order valence-corrected chi connectivity index (χ1v) is 8.03. The molecule has 1 N–H and O–H groups in total. The standard InChI is InChI=1S/C13H20N4O3S/c1-3-4-10-14-15-13(21-8-12(19)20)17(10)9-5-6-11(18)16(2)7-9/h9H,3-8H2,1-2H3,(H,19,20). The molecule has 1 aromatic heterocycles. The van der Waals surface area contributed by atoms with Gasteiger partial charge in [0.1, 0.15) is 5.82 Å². The number of likely N-dealkylation sites (N-methyl/N-ethyl adjacent to an activating group) is 1. The number of nitrogens with zero attached hydrogens (tertiary/aromatic N) is 4. The number of carboxylic acids is 1. The van der Waals surface area contributed by atoms with E-state index in [9.17, 15) is 9.59 Å². The summed E-state index contributed by atoms with van der Waals surface area (Å²) < 4.78 is 2.03. The van der Waals surface area contributed by atoms with Crippen LogP contribution in [0.3, 0.4) is 0 Å².